The third-order valence-electron chi connectivity index (χ3n) is 2.87. The zero-order valence-corrected chi connectivity index (χ0v) is 9.89. The van der Waals surface area contributed by atoms with Gasteiger partial charge in [-0.25, -0.2) is 0 Å². The Balaban J connectivity index is 2.08. The number of hydrogen-bond acceptors (Lipinski definition) is 3. The molecule has 3 heteroatoms. The van der Waals surface area contributed by atoms with Crippen LogP contribution < -0.4 is 10.2 Å². The minimum atomic E-state index is 0.470. The van der Waals surface area contributed by atoms with Crippen molar-refractivity contribution in [1.82, 2.24) is 5.32 Å². The number of hydrogen-bond donors (Lipinski definition) is 1. The van der Waals surface area contributed by atoms with E-state index in [0.29, 0.717) is 6.42 Å². The summed E-state index contributed by atoms with van der Waals surface area (Å²) in [6.45, 7) is 4.22. The molecule has 1 heterocycles. The lowest BCUT2D eigenvalue weighted by molar-refractivity contribution is 0.589. The molecule has 1 aromatic rings. The molecule has 1 saturated heterocycles. The number of allylic oxidation sites excluding steroid dienone is 1. The molecule has 0 spiro atoms. The van der Waals surface area contributed by atoms with Crippen molar-refractivity contribution < 1.29 is 0 Å². The fourth-order valence-corrected chi connectivity index (χ4v) is 2.00. The first-order valence-corrected chi connectivity index (χ1v) is 5.99. The van der Waals surface area contributed by atoms with Crippen LogP contribution in [0.3, 0.4) is 0 Å². The number of nitriles is 1. The second-order valence-electron chi connectivity index (χ2n) is 4.10. The highest BCUT2D eigenvalue weighted by Crippen LogP contribution is 2.17. The van der Waals surface area contributed by atoms with E-state index in [0.717, 1.165) is 31.7 Å². The van der Waals surface area contributed by atoms with Crippen molar-refractivity contribution in [2.24, 2.45) is 0 Å². The summed E-state index contributed by atoms with van der Waals surface area (Å²) in [7, 11) is 0. The Hall–Kier alpha value is -1.79. The van der Waals surface area contributed by atoms with Crippen LogP contribution in [0.15, 0.2) is 30.3 Å². The molecule has 0 atom stereocenters. The minimum absolute atomic E-state index is 0.470. The number of nitrogens with zero attached hydrogens (tertiary/aromatic N) is 2. The zero-order valence-electron chi connectivity index (χ0n) is 9.89. The molecule has 0 radical (unpaired) electrons. The van der Waals surface area contributed by atoms with Gasteiger partial charge in [0.15, 0.2) is 0 Å². The summed E-state index contributed by atoms with van der Waals surface area (Å²) in [4.78, 5) is 2.39. The molecule has 88 valence electrons. The summed E-state index contributed by atoms with van der Waals surface area (Å²) in [5, 5.41) is 11.8. The van der Waals surface area contributed by atoms with Crippen LogP contribution >= 0.6 is 0 Å². The quantitative estimate of drug-likeness (QED) is 0.858. The third kappa shape index (κ3) is 3.33. The highest BCUT2D eigenvalue weighted by molar-refractivity contribution is 5.58. The molecular weight excluding hydrogens is 210 g/mol. The first-order valence-electron chi connectivity index (χ1n) is 5.99. The average Bonchev–Trinajstić information content (AvgIpc) is 2.41. The zero-order chi connectivity index (χ0) is 11.9. The Morgan fingerprint density at radius 3 is 2.94 bits per heavy atom. The lowest BCUT2D eigenvalue weighted by Gasteiger charge is -2.29. The lowest BCUT2D eigenvalue weighted by atomic mass is 10.1. The summed E-state index contributed by atoms with van der Waals surface area (Å²) in [6.07, 6.45) is 4.38. The van der Waals surface area contributed by atoms with Gasteiger partial charge < -0.3 is 10.2 Å². The van der Waals surface area contributed by atoms with Crippen molar-refractivity contribution in [2.45, 2.75) is 6.42 Å². The topological polar surface area (TPSA) is 39.1 Å². The van der Waals surface area contributed by atoms with Crippen molar-refractivity contribution in [3.8, 4) is 6.07 Å². The van der Waals surface area contributed by atoms with E-state index in [2.05, 4.69) is 40.6 Å². The number of nitrogens with one attached hydrogen (secondary N) is 1. The molecule has 1 aliphatic rings. The second-order valence-corrected chi connectivity index (χ2v) is 4.10. The average molecular weight is 227 g/mol. The SMILES string of the molecule is N#CCC=Cc1cccc(N2CCNCC2)c1. The monoisotopic (exact) mass is 227 g/mol. The van der Waals surface area contributed by atoms with Gasteiger partial charge in [-0.05, 0) is 17.7 Å². The van der Waals surface area contributed by atoms with Crippen LogP contribution in [0.25, 0.3) is 6.08 Å². The van der Waals surface area contributed by atoms with Gasteiger partial charge in [0.25, 0.3) is 0 Å². The van der Waals surface area contributed by atoms with Crippen molar-refractivity contribution in [2.75, 3.05) is 31.1 Å². The summed E-state index contributed by atoms with van der Waals surface area (Å²) in [5.74, 6) is 0. The largest absolute Gasteiger partial charge is 0.369 e. The molecule has 3 nitrogen and oxygen atoms in total. The van der Waals surface area contributed by atoms with Gasteiger partial charge >= 0.3 is 0 Å². The van der Waals surface area contributed by atoms with Crippen LogP contribution in [0.1, 0.15) is 12.0 Å². The Kier molecular flexibility index (Phi) is 4.17. The van der Waals surface area contributed by atoms with E-state index in [1.54, 1.807) is 0 Å². The number of anilines is 1. The summed E-state index contributed by atoms with van der Waals surface area (Å²) < 4.78 is 0. The Labute approximate surface area is 102 Å². The Bertz CT molecular complexity index is 425. The van der Waals surface area contributed by atoms with Gasteiger partial charge in [0.05, 0.1) is 12.5 Å². The fourth-order valence-electron chi connectivity index (χ4n) is 2.00. The van der Waals surface area contributed by atoms with E-state index in [9.17, 15) is 0 Å². The van der Waals surface area contributed by atoms with Gasteiger partial charge in [0.1, 0.15) is 0 Å². The highest BCUT2D eigenvalue weighted by atomic mass is 15.2. The predicted molar refractivity (Wildman–Crippen MR) is 70.8 cm³/mol. The lowest BCUT2D eigenvalue weighted by Crippen LogP contribution is -2.43. The smallest absolute Gasteiger partial charge is 0.0663 e. The van der Waals surface area contributed by atoms with Crippen molar-refractivity contribution >= 4 is 11.8 Å². The molecule has 0 unspecified atom stereocenters. The molecule has 0 saturated carbocycles. The summed E-state index contributed by atoms with van der Waals surface area (Å²) in [6, 6.07) is 10.6. The molecule has 1 aromatic carbocycles. The summed E-state index contributed by atoms with van der Waals surface area (Å²) in [5.41, 5.74) is 2.43. The van der Waals surface area contributed by atoms with Crippen LogP contribution in [0.4, 0.5) is 5.69 Å². The molecule has 1 N–H and O–H groups in total. The second kappa shape index (κ2) is 6.07. The maximum absolute atomic E-state index is 8.49. The van der Waals surface area contributed by atoms with Crippen LogP contribution in [-0.2, 0) is 0 Å². The van der Waals surface area contributed by atoms with Crippen LogP contribution in [-0.4, -0.2) is 26.2 Å². The molecule has 0 aromatic heterocycles. The van der Waals surface area contributed by atoms with E-state index in [4.69, 9.17) is 5.26 Å². The van der Waals surface area contributed by atoms with Crippen LogP contribution in [0, 0.1) is 11.3 Å². The van der Waals surface area contributed by atoms with Crippen molar-refractivity contribution in [3.63, 3.8) is 0 Å². The maximum Gasteiger partial charge on any atom is 0.0663 e. The molecule has 1 aliphatic heterocycles. The third-order valence-corrected chi connectivity index (χ3v) is 2.87. The van der Waals surface area contributed by atoms with Crippen LogP contribution in [0.2, 0.25) is 0 Å². The van der Waals surface area contributed by atoms with Gasteiger partial charge in [-0.2, -0.15) is 5.26 Å². The number of piperazine rings is 1. The van der Waals surface area contributed by atoms with Gasteiger partial charge in [-0.3, -0.25) is 0 Å². The number of rotatable bonds is 3. The van der Waals surface area contributed by atoms with E-state index in [1.807, 2.05) is 12.2 Å². The van der Waals surface area contributed by atoms with E-state index >= 15 is 0 Å². The fraction of sp³-hybridized carbons (Fsp3) is 0.357. The predicted octanol–water partition coefficient (Wildman–Crippen LogP) is 2.02. The van der Waals surface area contributed by atoms with Gasteiger partial charge in [0.2, 0.25) is 0 Å². The van der Waals surface area contributed by atoms with Crippen molar-refractivity contribution in [1.29, 1.82) is 5.26 Å². The van der Waals surface area contributed by atoms with Gasteiger partial charge in [-0.1, -0.05) is 24.3 Å². The van der Waals surface area contributed by atoms with E-state index in [-0.39, 0.29) is 0 Å². The van der Waals surface area contributed by atoms with Crippen molar-refractivity contribution in [3.05, 3.63) is 35.9 Å². The first-order chi connectivity index (χ1) is 8.40. The first kappa shape index (κ1) is 11.7. The standard InChI is InChI=1S/C14H17N3/c15-7-2-1-4-13-5-3-6-14(12-13)17-10-8-16-9-11-17/h1,3-6,12,16H,2,8-11H2. The van der Waals surface area contributed by atoms with Gasteiger partial charge in [-0.15, -0.1) is 0 Å². The highest BCUT2D eigenvalue weighted by Gasteiger charge is 2.09. The molecular formula is C14H17N3. The normalized spacial score (nSPS) is 16.1. The van der Waals surface area contributed by atoms with Crippen LogP contribution in [0.5, 0.6) is 0 Å². The Morgan fingerprint density at radius 2 is 2.18 bits per heavy atom. The molecule has 0 amide bonds. The molecule has 0 aliphatic carbocycles. The minimum Gasteiger partial charge on any atom is -0.369 e. The molecule has 2 rings (SSSR count). The Morgan fingerprint density at radius 1 is 1.35 bits per heavy atom. The maximum atomic E-state index is 8.49. The number of benzene rings is 1. The van der Waals surface area contributed by atoms with E-state index in [1.165, 1.54) is 5.69 Å². The van der Waals surface area contributed by atoms with E-state index < -0.39 is 0 Å². The molecule has 0 bridgehead atoms. The van der Waals surface area contributed by atoms with Gasteiger partial charge in [0, 0.05) is 31.9 Å². The summed E-state index contributed by atoms with van der Waals surface area (Å²) >= 11 is 0. The molecule has 17 heavy (non-hydrogen) atoms. The molecule has 1 fully saturated rings.